The lowest BCUT2D eigenvalue weighted by Gasteiger charge is -2.31. The van der Waals surface area contributed by atoms with Gasteiger partial charge in [-0.2, -0.15) is 0 Å². The lowest BCUT2D eigenvalue weighted by Crippen LogP contribution is -2.41. The Balaban J connectivity index is 1.92. The zero-order chi connectivity index (χ0) is 19.4. The van der Waals surface area contributed by atoms with Crippen LogP contribution in [0.5, 0.6) is 0 Å². The summed E-state index contributed by atoms with van der Waals surface area (Å²) in [6, 6.07) is 7.55. The molecule has 0 aliphatic heterocycles. The summed E-state index contributed by atoms with van der Waals surface area (Å²) >= 11 is 0. The number of halogens is 1. The van der Waals surface area contributed by atoms with Gasteiger partial charge in [0.2, 0.25) is 5.91 Å². The van der Waals surface area contributed by atoms with Crippen molar-refractivity contribution in [3.63, 3.8) is 0 Å². The third kappa shape index (κ3) is 4.43. The molecule has 0 unspecified atom stereocenters. The molecule has 1 aliphatic carbocycles. The number of aryl methyl sites for hydroxylation is 1. The fourth-order valence-electron chi connectivity index (χ4n) is 3.63. The number of carbonyl (C=O) groups excluding carboxylic acids is 1. The summed E-state index contributed by atoms with van der Waals surface area (Å²) < 4.78 is 14.7. The van der Waals surface area contributed by atoms with Crippen LogP contribution in [0, 0.1) is 5.82 Å². The molecular formula is C21H26FN3O2. The molecule has 0 radical (unpaired) electrons. The van der Waals surface area contributed by atoms with Gasteiger partial charge in [-0.25, -0.2) is 9.37 Å². The van der Waals surface area contributed by atoms with Crippen LogP contribution in [0.25, 0.3) is 11.4 Å². The van der Waals surface area contributed by atoms with E-state index in [0.29, 0.717) is 23.5 Å². The van der Waals surface area contributed by atoms with E-state index in [-0.39, 0.29) is 29.9 Å². The molecule has 0 spiro atoms. The first kappa shape index (κ1) is 19.3. The Bertz CT molecular complexity index is 855. The lowest BCUT2D eigenvalue weighted by atomic mass is 9.94. The van der Waals surface area contributed by atoms with E-state index in [1.807, 2.05) is 14.0 Å². The number of nitrogens with zero attached hydrogens (tertiary/aromatic N) is 3. The Morgan fingerprint density at radius 1 is 1.22 bits per heavy atom. The summed E-state index contributed by atoms with van der Waals surface area (Å²) in [6.07, 6.45) is 6.12. The molecule has 27 heavy (non-hydrogen) atoms. The molecule has 5 nitrogen and oxygen atoms in total. The van der Waals surface area contributed by atoms with Crippen molar-refractivity contribution in [3.8, 4) is 11.4 Å². The smallest absolute Gasteiger partial charge is 0.254 e. The van der Waals surface area contributed by atoms with Crippen molar-refractivity contribution in [3.05, 3.63) is 52.2 Å². The molecule has 6 heteroatoms. The van der Waals surface area contributed by atoms with E-state index in [4.69, 9.17) is 0 Å². The standard InChI is InChI=1S/C21H26FN3O2/c1-3-17-13-19(26)25(21(23-17)15-9-11-16(22)12-10-15)14-20(27)24(2)18-7-5-4-6-8-18/h9-13,18H,3-8,14H2,1-2H3. The monoisotopic (exact) mass is 371 g/mol. The molecule has 0 N–H and O–H groups in total. The minimum absolute atomic E-state index is 0.0600. The van der Waals surface area contributed by atoms with E-state index in [0.717, 1.165) is 25.7 Å². The van der Waals surface area contributed by atoms with E-state index < -0.39 is 0 Å². The fraction of sp³-hybridized carbons (Fsp3) is 0.476. The van der Waals surface area contributed by atoms with Crippen LogP contribution >= 0.6 is 0 Å². The van der Waals surface area contributed by atoms with Gasteiger partial charge in [-0.05, 0) is 43.5 Å². The van der Waals surface area contributed by atoms with E-state index in [2.05, 4.69) is 4.98 Å². The average Bonchev–Trinajstić information content (AvgIpc) is 2.70. The molecular weight excluding hydrogens is 345 g/mol. The van der Waals surface area contributed by atoms with Crippen LogP contribution in [0.3, 0.4) is 0 Å². The van der Waals surface area contributed by atoms with E-state index in [1.54, 1.807) is 17.0 Å². The highest BCUT2D eigenvalue weighted by Crippen LogP contribution is 2.22. The Hall–Kier alpha value is -2.50. The molecule has 2 aromatic rings. The molecule has 1 aliphatic rings. The number of rotatable bonds is 5. The number of amides is 1. The van der Waals surface area contributed by atoms with Gasteiger partial charge in [0.15, 0.2) is 0 Å². The largest absolute Gasteiger partial charge is 0.341 e. The molecule has 1 amide bonds. The molecule has 0 bridgehead atoms. The zero-order valence-corrected chi connectivity index (χ0v) is 15.9. The average molecular weight is 371 g/mol. The van der Waals surface area contributed by atoms with Crippen molar-refractivity contribution in [1.82, 2.24) is 14.5 Å². The number of hydrogen-bond donors (Lipinski definition) is 0. The lowest BCUT2D eigenvalue weighted by molar-refractivity contribution is -0.133. The first-order valence-electron chi connectivity index (χ1n) is 9.62. The minimum Gasteiger partial charge on any atom is -0.341 e. The number of hydrogen-bond acceptors (Lipinski definition) is 3. The van der Waals surface area contributed by atoms with Crippen LogP contribution < -0.4 is 5.56 Å². The van der Waals surface area contributed by atoms with Crippen molar-refractivity contribution in [1.29, 1.82) is 0 Å². The number of carbonyl (C=O) groups is 1. The van der Waals surface area contributed by atoms with Gasteiger partial charge < -0.3 is 4.90 Å². The fourth-order valence-corrected chi connectivity index (χ4v) is 3.63. The van der Waals surface area contributed by atoms with Gasteiger partial charge in [-0.1, -0.05) is 26.2 Å². The molecule has 1 heterocycles. The topological polar surface area (TPSA) is 55.2 Å². The van der Waals surface area contributed by atoms with Crippen molar-refractivity contribution in [2.24, 2.45) is 0 Å². The van der Waals surface area contributed by atoms with E-state index in [9.17, 15) is 14.0 Å². The number of likely N-dealkylation sites (N-methyl/N-ethyl adjacent to an activating group) is 1. The molecule has 0 saturated heterocycles. The van der Waals surface area contributed by atoms with Crippen LogP contribution in [0.1, 0.15) is 44.7 Å². The predicted molar refractivity (Wildman–Crippen MR) is 103 cm³/mol. The van der Waals surface area contributed by atoms with Crippen LogP contribution in [-0.4, -0.2) is 33.4 Å². The molecule has 0 atom stereocenters. The summed E-state index contributed by atoms with van der Waals surface area (Å²) in [5.41, 5.74) is 1.02. The third-order valence-corrected chi connectivity index (χ3v) is 5.34. The summed E-state index contributed by atoms with van der Waals surface area (Å²) in [5, 5.41) is 0. The second kappa shape index (κ2) is 8.46. The number of aromatic nitrogens is 2. The Kier molecular flexibility index (Phi) is 6.04. The number of benzene rings is 1. The molecule has 1 aromatic heterocycles. The summed E-state index contributed by atoms with van der Waals surface area (Å²) in [6.45, 7) is 1.86. The van der Waals surface area contributed by atoms with Gasteiger partial charge in [0.05, 0.1) is 0 Å². The minimum atomic E-state index is -0.354. The summed E-state index contributed by atoms with van der Waals surface area (Å²) in [5.74, 6) is -0.0458. The maximum atomic E-state index is 13.3. The van der Waals surface area contributed by atoms with Gasteiger partial charge in [-0.3, -0.25) is 14.2 Å². The van der Waals surface area contributed by atoms with Crippen molar-refractivity contribution in [2.75, 3.05) is 7.05 Å². The normalized spacial score (nSPS) is 14.9. The van der Waals surface area contributed by atoms with Crippen LogP contribution in [0.2, 0.25) is 0 Å². The van der Waals surface area contributed by atoms with Crippen molar-refractivity contribution >= 4 is 5.91 Å². The highest BCUT2D eigenvalue weighted by molar-refractivity contribution is 5.76. The van der Waals surface area contributed by atoms with Crippen LogP contribution in [0.15, 0.2) is 35.1 Å². The van der Waals surface area contributed by atoms with Gasteiger partial charge in [-0.15, -0.1) is 0 Å². The molecule has 1 fully saturated rings. The first-order chi connectivity index (χ1) is 13.0. The van der Waals surface area contributed by atoms with Crippen molar-refractivity contribution in [2.45, 2.75) is 58.0 Å². The third-order valence-electron chi connectivity index (χ3n) is 5.34. The second-order valence-corrected chi connectivity index (χ2v) is 7.15. The first-order valence-corrected chi connectivity index (χ1v) is 9.62. The van der Waals surface area contributed by atoms with Crippen LogP contribution in [-0.2, 0) is 17.8 Å². The molecule has 144 valence electrons. The molecule has 3 rings (SSSR count). The Morgan fingerprint density at radius 2 is 1.89 bits per heavy atom. The Labute approximate surface area is 158 Å². The summed E-state index contributed by atoms with van der Waals surface area (Å²) in [4.78, 5) is 31.8. The quantitative estimate of drug-likeness (QED) is 0.809. The SMILES string of the molecule is CCc1cc(=O)n(CC(=O)N(C)C2CCCCC2)c(-c2ccc(F)cc2)n1. The van der Waals surface area contributed by atoms with Gasteiger partial charge in [0, 0.05) is 30.4 Å². The van der Waals surface area contributed by atoms with Gasteiger partial charge in [0.25, 0.3) is 5.56 Å². The van der Waals surface area contributed by atoms with Crippen LogP contribution in [0.4, 0.5) is 4.39 Å². The van der Waals surface area contributed by atoms with E-state index in [1.165, 1.54) is 29.2 Å². The highest BCUT2D eigenvalue weighted by atomic mass is 19.1. The van der Waals surface area contributed by atoms with E-state index >= 15 is 0 Å². The summed E-state index contributed by atoms with van der Waals surface area (Å²) in [7, 11) is 1.81. The predicted octanol–water partition coefficient (Wildman–Crippen LogP) is 3.40. The van der Waals surface area contributed by atoms with Gasteiger partial charge in [0.1, 0.15) is 18.2 Å². The molecule has 1 aromatic carbocycles. The second-order valence-electron chi connectivity index (χ2n) is 7.15. The Morgan fingerprint density at radius 3 is 2.52 bits per heavy atom. The maximum Gasteiger partial charge on any atom is 0.254 e. The molecule has 1 saturated carbocycles. The zero-order valence-electron chi connectivity index (χ0n) is 15.9. The van der Waals surface area contributed by atoms with Crippen molar-refractivity contribution < 1.29 is 9.18 Å². The maximum absolute atomic E-state index is 13.3. The van der Waals surface area contributed by atoms with Gasteiger partial charge >= 0.3 is 0 Å². The highest BCUT2D eigenvalue weighted by Gasteiger charge is 2.23.